The highest BCUT2D eigenvalue weighted by molar-refractivity contribution is 6.06. The van der Waals surface area contributed by atoms with Crippen LogP contribution in [0.25, 0.3) is 0 Å². The van der Waals surface area contributed by atoms with Gasteiger partial charge in [0.05, 0.1) is 6.04 Å². The Hall–Kier alpha value is -2.25. The largest absolute Gasteiger partial charge is 0.327 e. The van der Waals surface area contributed by atoms with Crippen LogP contribution in [-0.2, 0) is 9.59 Å². The zero-order valence-corrected chi connectivity index (χ0v) is 21.3. The Morgan fingerprint density at radius 3 is 2.35 bits per heavy atom. The number of hydrogen-bond acceptors (Lipinski definition) is 5. The quantitative estimate of drug-likeness (QED) is 0.650. The molecule has 1 unspecified atom stereocenters. The van der Waals surface area contributed by atoms with Gasteiger partial charge in [-0.1, -0.05) is 51.1 Å². The van der Waals surface area contributed by atoms with Crippen molar-refractivity contribution in [2.24, 2.45) is 11.3 Å². The summed E-state index contributed by atoms with van der Waals surface area (Å²) in [6.07, 6.45) is 1.68. The molecule has 186 valence electrons. The summed E-state index contributed by atoms with van der Waals surface area (Å²) < 4.78 is 0. The first-order chi connectivity index (χ1) is 16.1. The summed E-state index contributed by atoms with van der Waals surface area (Å²) in [5, 5.41) is 3.55. The molecule has 1 aromatic rings. The number of rotatable bonds is 6. The molecule has 0 aromatic heterocycles. The number of piperidine rings is 1. The standard InChI is InChI=1S/C27H40N4O3/c1-6-31-25(34)29(5)24(33)27(31)12-14-30(15-13-27)23(22(32)16-26(2,3)4)21-18-28-17-20(21)19-10-8-7-9-11-19/h7-11,20-21,23,28H,6,12-18H2,1-5H3/t20-,21-,23?/m1/s1. The molecule has 0 radical (unpaired) electrons. The van der Waals surface area contributed by atoms with Crippen molar-refractivity contribution in [2.45, 2.75) is 64.5 Å². The lowest BCUT2D eigenvalue weighted by molar-refractivity contribution is -0.136. The Morgan fingerprint density at radius 2 is 1.76 bits per heavy atom. The van der Waals surface area contributed by atoms with Crippen LogP contribution in [0.4, 0.5) is 4.79 Å². The van der Waals surface area contributed by atoms with E-state index in [2.05, 4.69) is 55.3 Å². The molecule has 3 atom stereocenters. The van der Waals surface area contributed by atoms with E-state index >= 15 is 0 Å². The lowest BCUT2D eigenvalue weighted by atomic mass is 9.76. The summed E-state index contributed by atoms with van der Waals surface area (Å²) in [7, 11) is 1.58. The van der Waals surface area contributed by atoms with Gasteiger partial charge in [0, 0.05) is 58.0 Å². The molecule has 1 N–H and O–H groups in total. The molecule has 3 amide bonds. The zero-order chi connectivity index (χ0) is 24.7. The monoisotopic (exact) mass is 468 g/mol. The van der Waals surface area contributed by atoms with Crippen LogP contribution >= 0.6 is 0 Å². The number of Topliss-reactive ketones (excluding diaryl/α,β-unsaturated/α-hetero) is 1. The lowest BCUT2D eigenvalue weighted by Crippen LogP contribution is -2.60. The van der Waals surface area contributed by atoms with Gasteiger partial charge < -0.3 is 10.2 Å². The number of likely N-dealkylation sites (N-methyl/N-ethyl adjacent to an activating group) is 2. The SMILES string of the molecule is CCN1C(=O)N(C)C(=O)C12CCN(C(C(=O)CC(C)(C)C)[C@@H]1CNC[C@@H]1c1ccccc1)CC2. The highest BCUT2D eigenvalue weighted by Crippen LogP contribution is 2.40. The van der Waals surface area contributed by atoms with Gasteiger partial charge in [-0.15, -0.1) is 0 Å². The maximum absolute atomic E-state index is 13.8. The maximum Gasteiger partial charge on any atom is 0.327 e. The average Bonchev–Trinajstić information content (AvgIpc) is 3.33. The third-order valence-corrected chi connectivity index (χ3v) is 8.00. The Balaban J connectivity index is 1.60. The van der Waals surface area contributed by atoms with Crippen molar-refractivity contribution in [3.05, 3.63) is 35.9 Å². The van der Waals surface area contributed by atoms with Crippen LogP contribution in [0.2, 0.25) is 0 Å². The van der Waals surface area contributed by atoms with Crippen molar-refractivity contribution in [3.8, 4) is 0 Å². The molecule has 0 aliphatic carbocycles. The van der Waals surface area contributed by atoms with Gasteiger partial charge in [0.15, 0.2) is 5.78 Å². The van der Waals surface area contributed by atoms with E-state index in [1.54, 1.807) is 11.9 Å². The summed E-state index contributed by atoms with van der Waals surface area (Å²) in [5.74, 6) is 0.647. The molecule has 3 fully saturated rings. The van der Waals surface area contributed by atoms with Gasteiger partial charge in [-0.25, -0.2) is 4.79 Å². The van der Waals surface area contributed by atoms with Crippen molar-refractivity contribution < 1.29 is 14.4 Å². The minimum absolute atomic E-state index is 0.0871. The van der Waals surface area contributed by atoms with Crippen LogP contribution in [0.1, 0.15) is 58.4 Å². The number of carbonyl (C=O) groups excluding carboxylic acids is 3. The molecule has 3 aliphatic heterocycles. The molecule has 3 heterocycles. The lowest BCUT2D eigenvalue weighted by Gasteiger charge is -2.46. The first-order valence-electron chi connectivity index (χ1n) is 12.7. The van der Waals surface area contributed by atoms with E-state index in [4.69, 9.17) is 0 Å². The Labute approximate surface area is 203 Å². The van der Waals surface area contributed by atoms with Crippen molar-refractivity contribution >= 4 is 17.7 Å². The van der Waals surface area contributed by atoms with Crippen molar-refractivity contribution in [1.29, 1.82) is 0 Å². The predicted octanol–water partition coefficient (Wildman–Crippen LogP) is 3.11. The maximum atomic E-state index is 13.8. The van der Waals surface area contributed by atoms with Gasteiger partial charge in [0.1, 0.15) is 5.54 Å². The van der Waals surface area contributed by atoms with Gasteiger partial charge in [-0.3, -0.25) is 19.4 Å². The van der Waals surface area contributed by atoms with Gasteiger partial charge in [-0.05, 0) is 30.7 Å². The van der Waals surface area contributed by atoms with Gasteiger partial charge >= 0.3 is 6.03 Å². The summed E-state index contributed by atoms with van der Waals surface area (Å²) >= 11 is 0. The second-order valence-corrected chi connectivity index (χ2v) is 11.4. The fourth-order valence-corrected chi connectivity index (χ4v) is 6.41. The minimum Gasteiger partial charge on any atom is -0.316 e. The molecule has 3 aliphatic rings. The van der Waals surface area contributed by atoms with Crippen molar-refractivity contribution in [1.82, 2.24) is 20.0 Å². The highest BCUT2D eigenvalue weighted by atomic mass is 16.2. The number of hydrogen-bond donors (Lipinski definition) is 1. The third-order valence-electron chi connectivity index (χ3n) is 8.00. The van der Waals surface area contributed by atoms with Crippen LogP contribution in [0, 0.1) is 11.3 Å². The van der Waals surface area contributed by atoms with Crippen LogP contribution in [0.3, 0.4) is 0 Å². The van der Waals surface area contributed by atoms with Crippen molar-refractivity contribution in [2.75, 3.05) is 39.8 Å². The number of ketones is 1. The van der Waals surface area contributed by atoms with Crippen LogP contribution in [0.15, 0.2) is 30.3 Å². The molecule has 1 spiro atoms. The number of amides is 3. The molecule has 7 heteroatoms. The van der Waals surface area contributed by atoms with Gasteiger partial charge in [-0.2, -0.15) is 0 Å². The van der Waals surface area contributed by atoms with E-state index in [1.807, 2.05) is 13.0 Å². The van der Waals surface area contributed by atoms with Crippen LogP contribution in [0.5, 0.6) is 0 Å². The van der Waals surface area contributed by atoms with E-state index < -0.39 is 5.54 Å². The number of benzene rings is 1. The second-order valence-electron chi connectivity index (χ2n) is 11.4. The Morgan fingerprint density at radius 1 is 1.12 bits per heavy atom. The summed E-state index contributed by atoms with van der Waals surface area (Å²) in [6, 6.07) is 10.1. The fourth-order valence-electron chi connectivity index (χ4n) is 6.41. The summed E-state index contributed by atoms with van der Waals surface area (Å²) in [5.41, 5.74) is 0.423. The van der Waals surface area contributed by atoms with E-state index in [0.29, 0.717) is 38.9 Å². The third kappa shape index (κ3) is 4.40. The normalized spacial score (nSPS) is 26.5. The average molecular weight is 469 g/mol. The van der Waals surface area contributed by atoms with Crippen LogP contribution in [-0.4, -0.2) is 83.8 Å². The zero-order valence-electron chi connectivity index (χ0n) is 21.3. The molecule has 7 nitrogen and oxygen atoms in total. The predicted molar refractivity (Wildman–Crippen MR) is 132 cm³/mol. The molecule has 4 rings (SSSR count). The minimum atomic E-state index is -0.762. The molecule has 34 heavy (non-hydrogen) atoms. The molecule has 0 saturated carbocycles. The van der Waals surface area contributed by atoms with E-state index in [-0.39, 0.29) is 41.0 Å². The number of nitrogens with zero attached hydrogens (tertiary/aromatic N) is 3. The first kappa shape index (κ1) is 24.9. The fraction of sp³-hybridized carbons (Fsp3) is 0.667. The van der Waals surface area contributed by atoms with Crippen LogP contribution < -0.4 is 5.32 Å². The Bertz CT molecular complexity index is 918. The van der Waals surface area contributed by atoms with Gasteiger partial charge in [0.25, 0.3) is 5.91 Å². The molecule has 1 aromatic carbocycles. The Kier molecular flexibility index (Phi) is 6.89. The number of likely N-dealkylation sites (tertiary alicyclic amines) is 1. The van der Waals surface area contributed by atoms with E-state index in [9.17, 15) is 14.4 Å². The molecular formula is C27H40N4O3. The molecular weight excluding hydrogens is 428 g/mol. The molecule has 3 saturated heterocycles. The number of urea groups is 1. The highest BCUT2D eigenvalue weighted by Gasteiger charge is 2.57. The van der Waals surface area contributed by atoms with E-state index in [1.165, 1.54) is 10.5 Å². The topological polar surface area (TPSA) is 73.0 Å². The van der Waals surface area contributed by atoms with Gasteiger partial charge in [0.2, 0.25) is 0 Å². The summed E-state index contributed by atoms with van der Waals surface area (Å²) in [4.78, 5) is 44.9. The number of nitrogens with one attached hydrogen (secondary N) is 1. The number of imide groups is 1. The summed E-state index contributed by atoms with van der Waals surface area (Å²) in [6.45, 7) is 11.8. The smallest absolute Gasteiger partial charge is 0.316 e. The first-order valence-corrected chi connectivity index (χ1v) is 12.7. The van der Waals surface area contributed by atoms with E-state index in [0.717, 1.165) is 13.1 Å². The molecule has 0 bridgehead atoms. The van der Waals surface area contributed by atoms with Crippen molar-refractivity contribution in [3.63, 3.8) is 0 Å². The second kappa shape index (κ2) is 9.42. The number of carbonyl (C=O) groups is 3.